The van der Waals surface area contributed by atoms with E-state index in [9.17, 15) is 14.4 Å². The van der Waals surface area contributed by atoms with Gasteiger partial charge in [0.25, 0.3) is 0 Å². The van der Waals surface area contributed by atoms with E-state index in [0.717, 1.165) is 18.4 Å². The standard InChI is InChI=1S/C25H35ClO4/c1-17(2)8-7-11-25(6)12-9-20(16-26)24(29)21(15-19(5)27)22(25)10-13-30-23(28)14-18(3)4/h8-10,13-14,21-22H,7,11-12,15-16H2,1-6H3/b13-10+/t21-,22-,25-/m0/s1. The molecule has 0 aromatic rings. The Morgan fingerprint density at radius 2 is 1.87 bits per heavy atom. The number of carbonyl (C=O) groups is 3. The Bertz CT molecular complexity index is 764. The second kappa shape index (κ2) is 12.0. The number of halogens is 1. The van der Waals surface area contributed by atoms with Crippen molar-refractivity contribution >= 4 is 29.1 Å². The highest BCUT2D eigenvalue weighted by Crippen LogP contribution is 2.46. The first-order chi connectivity index (χ1) is 14.0. The van der Waals surface area contributed by atoms with Crippen molar-refractivity contribution in [3.63, 3.8) is 0 Å². The molecule has 5 heteroatoms. The first kappa shape index (κ1) is 26.1. The molecule has 0 unspecified atom stereocenters. The van der Waals surface area contributed by atoms with Crippen molar-refractivity contribution in [1.29, 1.82) is 0 Å². The molecule has 1 aliphatic rings. The van der Waals surface area contributed by atoms with Gasteiger partial charge in [-0.15, -0.1) is 11.6 Å². The van der Waals surface area contributed by atoms with Gasteiger partial charge in [-0.2, -0.15) is 0 Å². The molecule has 0 saturated carbocycles. The summed E-state index contributed by atoms with van der Waals surface area (Å²) in [6.07, 6.45) is 11.2. The summed E-state index contributed by atoms with van der Waals surface area (Å²) in [4.78, 5) is 37.1. The number of carbonyl (C=O) groups excluding carboxylic acids is 3. The van der Waals surface area contributed by atoms with Gasteiger partial charge in [0.05, 0.1) is 12.1 Å². The normalized spacial score (nSPS) is 24.1. The van der Waals surface area contributed by atoms with Gasteiger partial charge in [-0.3, -0.25) is 4.79 Å². The van der Waals surface area contributed by atoms with Crippen LogP contribution in [0.1, 0.15) is 67.2 Å². The summed E-state index contributed by atoms with van der Waals surface area (Å²) >= 11 is 6.05. The molecule has 0 fully saturated rings. The fourth-order valence-electron chi connectivity index (χ4n) is 3.92. The molecule has 3 atom stereocenters. The monoisotopic (exact) mass is 434 g/mol. The van der Waals surface area contributed by atoms with Crippen LogP contribution in [0, 0.1) is 17.3 Å². The zero-order valence-electron chi connectivity index (χ0n) is 19.1. The van der Waals surface area contributed by atoms with Gasteiger partial charge in [0, 0.05) is 24.0 Å². The maximum atomic E-state index is 13.2. The third-order valence-electron chi connectivity index (χ3n) is 5.50. The van der Waals surface area contributed by atoms with E-state index in [1.165, 1.54) is 24.8 Å². The van der Waals surface area contributed by atoms with Gasteiger partial charge in [-0.05, 0) is 71.3 Å². The average Bonchev–Trinajstić information content (AvgIpc) is 2.71. The summed E-state index contributed by atoms with van der Waals surface area (Å²) in [5, 5.41) is 0. The Morgan fingerprint density at radius 3 is 2.40 bits per heavy atom. The summed E-state index contributed by atoms with van der Waals surface area (Å²) in [5.41, 5.74) is 2.36. The number of allylic oxidation sites excluding steroid dienone is 6. The lowest BCUT2D eigenvalue weighted by Crippen LogP contribution is -2.35. The second-order valence-corrected chi connectivity index (χ2v) is 9.20. The first-order valence-electron chi connectivity index (χ1n) is 10.4. The van der Waals surface area contributed by atoms with Gasteiger partial charge >= 0.3 is 5.97 Å². The van der Waals surface area contributed by atoms with Crippen molar-refractivity contribution in [2.24, 2.45) is 17.3 Å². The molecule has 0 amide bonds. The molecule has 4 nitrogen and oxygen atoms in total. The first-order valence-corrected chi connectivity index (χ1v) is 11.0. The predicted octanol–water partition coefficient (Wildman–Crippen LogP) is 6.11. The van der Waals surface area contributed by atoms with Gasteiger partial charge in [0.2, 0.25) is 0 Å². The number of ketones is 2. The van der Waals surface area contributed by atoms with Crippen LogP contribution >= 0.6 is 11.6 Å². The fourth-order valence-corrected chi connectivity index (χ4v) is 4.16. The Kier molecular flexibility index (Phi) is 10.5. The van der Waals surface area contributed by atoms with Crippen LogP contribution in [0.3, 0.4) is 0 Å². The third-order valence-corrected chi connectivity index (χ3v) is 5.79. The number of Topliss-reactive ketones (excluding diaryl/α,β-unsaturated/α-hetero) is 2. The lowest BCUT2D eigenvalue weighted by atomic mass is 9.65. The minimum atomic E-state index is -0.523. The van der Waals surface area contributed by atoms with Gasteiger partial charge in [0.1, 0.15) is 5.78 Å². The van der Waals surface area contributed by atoms with Crippen LogP contribution in [0.4, 0.5) is 0 Å². The Labute approximate surface area is 186 Å². The van der Waals surface area contributed by atoms with E-state index in [1.54, 1.807) is 6.08 Å². The van der Waals surface area contributed by atoms with Gasteiger partial charge < -0.3 is 9.53 Å². The third kappa shape index (κ3) is 8.06. The smallest absolute Gasteiger partial charge is 0.335 e. The number of alkyl halides is 1. The lowest BCUT2D eigenvalue weighted by Gasteiger charge is -2.38. The molecule has 0 aliphatic heterocycles. The summed E-state index contributed by atoms with van der Waals surface area (Å²) in [6, 6.07) is 0. The second-order valence-electron chi connectivity index (χ2n) is 8.93. The van der Waals surface area contributed by atoms with Gasteiger partial charge in [-0.25, -0.2) is 4.79 Å². The van der Waals surface area contributed by atoms with E-state index in [0.29, 0.717) is 12.0 Å². The lowest BCUT2D eigenvalue weighted by molar-refractivity contribution is -0.132. The average molecular weight is 435 g/mol. The molecule has 0 spiro atoms. The maximum Gasteiger partial charge on any atom is 0.335 e. The molecule has 0 saturated heterocycles. The van der Waals surface area contributed by atoms with Crippen molar-refractivity contribution in [2.45, 2.75) is 67.2 Å². The molecule has 0 radical (unpaired) electrons. The summed E-state index contributed by atoms with van der Waals surface area (Å²) in [5.74, 6) is -1.24. The summed E-state index contributed by atoms with van der Waals surface area (Å²) in [7, 11) is 0. The zero-order valence-corrected chi connectivity index (χ0v) is 19.8. The molecular formula is C25H35ClO4. The van der Waals surface area contributed by atoms with Crippen LogP contribution in [-0.2, 0) is 19.1 Å². The molecule has 0 heterocycles. The van der Waals surface area contributed by atoms with Crippen molar-refractivity contribution in [2.75, 3.05) is 5.88 Å². The molecule has 1 aliphatic carbocycles. The van der Waals surface area contributed by atoms with E-state index < -0.39 is 11.9 Å². The van der Waals surface area contributed by atoms with Crippen molar-refractivity contribution in [1.82, 2.24) is 0 Å². The molecule has 0 aromatic heterocycles. The molecule has 166 valence electrons. The van der Waals surface area contributed by atoms with Crippen LogP contribution in [0.15, 0.2) is 47.3 Å². The summed E-state index contributed by atoms with van der Waals surface area (Å²) < 4.78 is 5.23. The van der Waals surface area contributed by atoms with Crippen molar-refractivity contribution in [3.8, 4) is 0 Å². The molecule has 0 N–H and O–H groups in total. The molecular weight excluding hydrogens is 400 g/mol. The number of hydrogen-bond donors (Lipinski definition) is 0. The predicted molar refractivity (Wildman–Crippen MR) is 122 cm³/mol. The van der Waals surface area contributed by atoms with Crippen LogP contribution < -0.4 is 0 Å². The van der Waals surface area contributed by atoms with Crippen LogP contribution in [0.2, 0.25) is 0 Å². The van der Waals surface area contributed by atoms with E-state index in [2.05, 4.69) is 26.8 Å². The maximum absolute atomic E-state index is 13.2. The molecule has 0 aromatic carbocycles. The van der Waals surface area contributed by atoms with Crippen molar-refractivity contribution in [3.05, 3.63) is 47.3 Å². The number of hydrogen-bond acceptors (Lipinski definition) is 4. The largest absolute Gasteiger partial charge is 0.432 e. The van der Waals surface area contributed by atoms with E-state index in [1.807, 2.05) is 19.9 Å². The van der Waals surface area contributed by atoms with Gasteiger partial charge in [0.15, 0.2) is 5.78 Å². The van der Waals surface area contributed by atoms with E-state index in [-0.39, 0.29) is 35.2 Å². The van der Waals surface area contributed by atoms with Crippen LogP contribution in [-0.4, -0.2) is 23.4 Å². The Morgan fingerprint density at radius 1 is 1.20 bits per heavy atom. The van der Waals surface area contributed by atoms with Gasteiger partial charge in [-0.1, -0.05) is 30.2 Å². The summed E-state index contributed by atoms with van der Waals surface area (Å²) in [6.45, 7) is 11.4. The SMILES string of the molecule is CC(=O)C[C@@H]1C(=O)C(CCl)=CC[C@](C)(CCC=C(C)C)[C@H]1/C=C/OC(=O)C=C(C)C. The van der Waals surface area contributed by atoms with Crippen molar-refractivity contribution < 1.29 is 19.1 Å². The highest BCUT2D eigenvalue weighted by molar-refractivity contribution is 6.23. The minimum absolute atomic E-state index is 0.0456. The molecule has 30 heavy (non-hydrogen) atoms. The topological polar surface area (TPSA) is 60.4 Å². The number of ether oxygens (including phenoxy) is 1. The van der Waals surface area contributed by atoms with Crippen LogP contribution in [0.25, 0.3) is 0 Å². The van der Waals surface area contributed by atoms with Crippen LogP contribution in [0.5, 0.6) is 0 Å². The molecule has 1 rings (SSSR count). The van der Waals surface area contributed by atoms with E-state index >= 15 is 0 Å². The fraction of sp³-hybridized carbons (Fsp3) is 0.560. The minimum Gasteiger partial charge on any atom is -0.432 e. The number of esters is 1. The Balaban J connectivity index is 3.33. The van der Waals surface area contributed by atoms with E-state index in [4.69, 9.17) is 16.3 Å². The Hall–Kier alpha value is -1.94. The highest BCUT2D eigenvalue weighted by atomic mass is 35.5. The molecule has 0 bridgehead atoms. The number of rotatable bonds is 9. The zero-order chi connectivity index (χ0) is 22.9. The highest BCUT2D eigenvalue weighted by Gasteiger charge is 2.43. The quantitative estimate of drug-likeness (QED) is 0.144.